The molecule has 0 unspecified atom stereocenters. The smallest absolute Gasteiger partial charge is 0.324 e. The molecule has 1 aromatic rings. The van der Waals surface area contributed by atoms with Gasteiger partial charge in [-0.1, -0.05) is 20.8 Å². The Morgan fingerprint density at radius 3 is 2.75 bits per heavy atom. The number of carbonyl (C=O) groups excluding carboxylic acids is 1. The molecule has 1 saturated carbocycles. The predicted octanol–water partition coefficient (Wildman–Crippen LogP) is 1.82. The van der Waals surface area contributed by atoms with Crippen molar-refractivity contribution in [3.8, 4) is 0 Å². The highest BCUT2D eigenvalue weighted by Gasteiger charge is 2.46. The summed E-state index contributed by atoms with van der Waals surface area (Å²) in [5.74, 6) is 1.18. The molecule has 0 radical (unpaired) electrons. The van der Waals surface area contributed by atoms with Gasteiger partial charge in [-0.15, -0.1) is 0 Å². The van der Waals surface area contributed by atoms with Gasteiger partial charge in [0.05, 0.1) is 12.1 Å². The Morgan fingerprint density at radius 1 is 1.45 bits per heavy atom. The quantitative estimate of drug-likeness (QED) is 0.828. The van der Waals surface area contributed by atoms with Crippen molar-refractivity contribution in [1.82, 2.24) is 14.3 Å². The average molecular weight is 296 g/mol. The summed E-state index contributed by atoms with van der Waals surface area (Å²) >= 11 is 1.20. The van der Waals surface area contributed by atoms with Gasteiger partial charge in [0.15, 0.2) is 0 Å². The largest absolute Gasteiger partial charge is 0.391 e. The lowest BCUT2D eigenvalue weighted by Gasteiger charge is -2.30. The SMILES string of the molecule is CC(C)(C)c1nsc(NC(=O)N2C[C@@H]3C[C@@H](O)[C@H]2C3)n1. The minimum atomic E-state index is -0.376. The monoisotopic (exact) mass is 296 g/mol. The van der Waals surface area contributed by atoms with Crippen molar-refractivity contribution in [1.29, 1.82) is 0 Å². The van der Waals surface area contributed by atoms with Crippen LogP contribution in [0.15, 0.2) is 0 Å². The van der Waals surface area contributed by atoms with Crippen molar-refractivity contribution in [2.75, 3.05) is 11.9 Å². The highest BCUT2D eigenvalue weighted by molar-refractivity contribution is 7.09. The number of piperidine rings is 1. The van der Waals surface area contributed by atoms with E-state index >= 15 is 0 Å². The van der Waals surface area contributed by atoms with Crippen LogP contribution in [0.5, 0.6) is 0 Å². The lowest BCUT2D eigenvalue weighted by Crippen LogP contribution is -2.46. The van der Waals surface area contributed by atoms with Crippen LogP contribution < -0.4 is 5.32 Å². The molecule has 0 aromatic carbocycles. The minimum Gasteiger partial charge on any atom is -0.391 e. The fraction of sp³-hybridized carbons (Fsp3) is 0.769. The Labute approximate surface area is 122 Å². The first-order valence-corrected chi connectivity index (χ1v) is 7.72. The number of rotatable bonds is 1. The minimum absolute atomic E-state index is 0.0324. The number of fused-ring (bicyclic) bond motifs is 2. The highest BCUT2D eigenvalue weighted by atomic mass is 32.1. The number of nitrogens with one attached hydrogen (secondary N) is 1. The molecule has 20 heavy (non-hydrogen) atoms. The zero-order chi connectivity index (χ0) is 14.5. The van der Waals surface area contributed by atoms with E-state index in [0.29, 0.717) is 11.0 Å². The number of nitrogens with zero attached hydrogens (tertiary/aromatic N) is 3. The van der Waals surface area contributed by atoms with Crippen molar-refractivity contribution >= 4 is 22.7 Å². The van der Waals surface area contributed by atoms with Gasteiger partial charge in [-0.3, -0.25) is 5.32 Å². The number of hydrogen-bond donors (Lipinski definition) is 2. The van der Waals surface area contributed by atoms with Gasteiger partial charge >= 0.3 is 6.03 Å². The number of anilines is 1. The van der Waals surface area contributed by atoms with E-state index in [0.717, 1.165) is 25.2 Å². The highest BCUT2D eigenvalue weighted by Crippen LogP contribution is 2.38. The third-order valence-corrected chi connectivity index (χ3v) is 4.65. The lowest BCUT2D eigenvalue weighted by atomic mass is 9.96. The third kappa shape index (κ3) is 2.40. The standard InChI is InChI=1S/C13H20N4O2S/c1-13(2,3)10-14-11(20-16-10)15-12(19)17-6-7-4-8(17)9(18)5-7/h7-9,18H,4-6H2,1-3H3,(H,14,15,16,19)/t7-,8+,9+/m0/s1. The Morgan fingerprint density at radius 2 is 2.20 bits per heavy atom. The van der Waals surface area contributed by atoms with Gasteiger partial charge in [-0.25, -0.2) is 9.78 Å². The molecular weight excluding hydrogens is 276 g/mol. The zero-order valence-corrected chi connectivity index (χ0v) is 12.8. The number of carbonyl (C=O) groups is 1. The van der Waals surface area contributed by atoms with E-state index in [9.17, 15) is 9.90 Å². The Bertz CT molecular complexity index is 525. The van der Waals surface area contributed by atoms with E-state index in [4.69, 9.17) is 0 Å². The summed E-state index contributed by atoms with van der Waals surface area (Å²) in [5, 5.41) is 13.2. The van der Waals surface area contributed by atoms with Gasteiger partial charge < -0.3 is 10.0 Å². The normalized spacial score (nSPS) is 29.0. The van der Waals surface area contributed by atoms with Crippen molar-refractivity contribution in [2.45, 2.75) is 51.2 Å². The molecule has 1 aliphatic heterocycles. The van der Waals surface area contributed by atoms with Crippen LogP contribution in [0.3, 0.4) is 0 Å². The molecule has 1 aromatic heterocycles. The molecule has 1 aliphatic carbocycles. The van der Waals surface area contributed by atoms with Gasteiger partial charge in [0.2, 0.25) is 5.13 Å². The molecule has 1 saturated heterocycles. The summed E-state index contributed by atoms with van der Waals surface area (Å²) in [6, 6.07) is -0.206. The molecule has 3 rings (SSSR count). The number of aliphatic hydroxyl groups excluding tert-OH is 1. The second kappa shape index (κ2) is 4.66. The van der Waals surface area contributed by atoms with Crippen LogP contribution in [-0.2, 0) is 5.41 Å². The van der Waals surface area contributed by atoms with E-state index in [1.54, 1.807) is 4.90 Å². The van der Waals surface area contributed by atoms with Crippen molar-refractivity contribution < 1.29 is 9.90 Å². The summed E-state index contributed by atoms with van der Waals surface area (Å²) in [4.78, 5) is 18.3. The van der Waals surface area contributed by atoms with Crippen LogP contribution in [-0.4, -0.2) is 44.1 Å². The fourth-order valence-electron chi connectivity index (χ4n) is 2.97. The van der Waals surface area contributed by atoms with Crippen molar-refractivity contribution in [3.63, 3.8) is 0 Å². The maximum absolute atomic E-state index is 12.3. The average Bonchev–Trinajstić information content (AvgIpc) is 3.00. The molecule has 3 atom stereocenters. The van der Waals surface area contributed by atoms with Crippen LogP contribution in [0, 0.1) is 5.92 Å². The Balaban J connectivity index is 1.66. The lowest BCUT2D eigenvalue weighted by molar-refractivity contribution is 0.0766. The van der Waals surface area contributed by atoms with E-state index < -0.39 is 0 Å². The predicted molar refractivity (Wildman–Crippen MR) is 76.9 cm³/mol. The van der Waals surface area contributed by atoms with E-state index in [-0.39, 0.29) is 23.6 Å². The Hall–Kier alpha value is -1.21. The zero-order valence-electron chi connectivity index (χ0n) is 12.0. The van der Waals surface area contributed by atoms with Crippen LogP contribution in [0.4, 0.5) is 9.93 Å². The molecule has 7 heteroatoms. The van der Waals surface area contributed by atoms with Gasteiger partial charge in [0.25, 0.3) is 0 Å². The number of hydrogen-bond acceptors (Lipinski definition) is 5. The summed E-state index contributed by atoms with van der Waals surface area (Å²) in [5.41, 5.74) is -0.123. The van der Waals surface area contributed by atoms with Crippen LogP contribution in [0.1, 0.15) is 39.4 Å². The molecule has 2 amide bonds. The first kappa shape index (κ1) is 13.8. The second-order valence-corrected chi connectivity index (χ2v) is 7.48. The summed E-state index contributed by atoms with van der Waals surface area (Å²) in [7, 11) is 0. The topological polar surface area (TPSA) is 78.4 Å². The van der Waals surface area contributed by atoms with Gasteiger partial charge in [-0.2, -0.15) is 4.37 Å². The number of likely N-dealkylation sites (tertiary alicyclic amines) is 1. The number of aliphatic hydroxyl groups is 1. The second-order valence-electron chi connectivity index (χ2n) is 6.73. The molecule has 2 heterocycles. The van der Waals surface area contributed by atoms with E-state index in [2.05, 4.69) is 14.7 Å². The summed E-state index contributed by atoms with van der Waals surface area (Å²) in [6.45, 7) is 6.85. The first-order valence-electron chi connectivity index (χ1n) is 6.94. The molecule has 110 valence electrons. The third-order valence-electron chi connectivity index (χ3n) is 4.02. The molecular formula is C13H20N4O2S. The van der Waals surface area contributed by atoms with Crippen LogP contribution >= 0.6 is 11.5 Å². The molecule has 2 bridgehead atoms. The van der Waals surface area contributed by atoms with Gasteiger partial charge in [0, 0.05) is 23.5 Å². The fourth-order valence-corrected chi connectivity index (χ4v) is 3.71. The summed E-state index contributed by atoms with van der Waals surface area (Å²) in [6.07, 6.45) is 1.36. The molecule has 2 fully saturated rings. The number of aromatic nitrogens is 2. The van der Waals surface area contributed by atoms with Gasteiger partial charge in [0.1, 0.15) is 5.82 Å². The Kier molecular flexibility index (Phi) is 3.21. The first-order chi connectivity index (χ1) is 9.34. The molecule has 6 nitrogen and oxygen atoms in total. The van der Waals surface area contributed by atoms with E-state index in [1.807, 2.05) is 20.8 Å². The summed E-state index contributed by atoms with van der Waals surface area (Å²) < 4.78 is 4.28. The maximum Gasteiger partial charge on any atom is 0.324 e. The molecule has 2 aliphatic rings. The number of urea groups is 1. The van der Waals surface area contributed by atoms with Crippen molar-refractivity contribution in [3.05, 3.63) is 5.82 Å². The van der Waals surface area contributed by atoms with Crippen molar-refractivity contribution in [2.24, 2.45) is 5.92 Å². The number of amides is 2. The van der Waals surface area contributed by atoms with Crippen LogP contribution in [0.25, 0.3) is 0 Å². The molecule has 0 spiro atoms. The van der Waals surface area contributed by atoms with Crippen LogP contribution in [0.2, 0.25) is 0 Å². The van der Waals surface area contributed by atoms with Gasteiger partial charge in [-0.05, 0) is 18.8 Å². The van der Waals surface area contributed by atoms with E-state index in [1.165, 1.54) is 11.5 Å². The molecule has 2 N–H and O–H groups in total. The maximum atomic E-state index is 12.3.